The molecule has 2 fully saturated rings. The number of amides is 1. The summed E-state index contributed by atoms with van der Waals surface area (Å²) in [6, 6.07) is 0. The highest BCUT2D eigenvalue weighted by molar-refractivity contribution is 8.01. The largest absolute Gasteiger partial charge is 0.342 e. The number of hydrogen-bond acceptors (Lipinski definition) is 2. The molecule has 3 heteroatoms. The van der Waals surface area contributed by atoms with E-state index in [0.717, 1.165) is 25.3 Å². The molecule has 2 aliphatic heterocycles. The van der Waals surface area contributed by atoms with Crippen LogP contribution in [0.25, 0.3) is 0 Å². The van der Waals surface area contributed by atoms with Crippen molar-refractivity contribution >= 4 is 17.7 Å². The molecule has 1 atom stereocenters. The molecule has 0 spiro atoms. The summed E-state index contributed by atoms with van der Waals surface area (Å²) in [5, 5.41) is 0. The van der Waals surface area contributed by atoms with Crippen LogP contribution in [0, 0.1) is 0 Å². The van der Waals surface area contributed by atoms with Crippen LogP contribution in [0.1, 0.15) is 32.6 Å². The van der Waals surface area contributed by atoms with E-state index < -0.39 is 0 Å². The van der Waals surface area contributed by atoms with Gasteiger partial charge in [-0.1, -0.05) is 0 Å². The molecule has 2 aliphatic rings. The second-order valence-electron chi connectivity index (χ2n) is 4.18. The van der Waals surface area contributed by atoms with Crippen LogP contribution >= 0.6 is 11.8 Å². The number of rotatable bonds is 1. The molecule has 0 N–H and O–H groups in total. The van der Waals surface area contributed by atoms with Gasteiger partial charge < -0.3 is 4.90 Å². The van der Waals surface area contributed by atoms with Gasteiger partial charge in [0.05, 0.1) is 4.75 Å². The lowest BCUT2D eigenvalue weighted by molar-refractivity contribution is -0.132. The van der Waals surface area contributed by atoms with Crippen molar-refractivity contribution in [1.82, 2.24) is 4.90 Å². The topological polar surface area (TPSA) is 20.3 Å². The van der Waals surface area contributed by atoms with Gasteiger partial charge in [-0.3, -0.25) is 4.79 Å². The molecule has 1 unspecified atom stereocenters. The first kappa shape index (κ1) is 9.38. The zero-order valence-electron chi connectivity index (χ0n) is 8.21. The zero-order chi connectivity index (χ0) is 9.31. The van der Waals surface area contributed by atoms with Gasteiger partial charge in [0.2, 0.25) is 5.91 Å². The molecule has 0 aromatic carbocycles. The van der Waals surface area contributed by atoms with Gasteiger partial charge in [-0.25, -0.2) is 0 Å². The number of carbonyl (C=O) groups excluding carboxylic acids is 1. The van der Waals surface area contributed by atoms with Crippen LogP contribution in [0.15, 0.2) is 0 Å². The van der Waals surface area contributed by atoms with E-state index >= 15 is 0 Å². The Kier molecular flexibility index (Phi) is 2.54. The van der Waals surface area contributed by atoms with E-state index in [1.807, 2.05) is 11.8 Å². The highest BCUT2D eigenvalue weighted by Gasteiger charge is 2.40. The number of thioether (sulfide) groups is 1. The lowest BCUT2D eigenvalue weighted by Crippen LogP contribution is -2.42. The number of hydrogen-bond donors (Lipinski definition) is 0. The summed E-state index contributed by atoms with van der Waals surface area (Å²) in [6.07, 6.45) is 4.69. The number of nitrogens with zero attached hydrogens (tertiary/aromatic N) is 1. The van der Waals surface area contributed by atoms with Gasteiger partial charge in [0, 0.05) is 13.1 Å². The monoisotopic (exact) mass is 199 g/mol. The van der Waals surface area contributed by atoms with E-state index in [-0.39, 0.29) is 4.75 Å². The summed E-state index contributed by atoms with van der Waals surface area (Å²) < 4.78 is -0.0790. The molecule has 2 rings (SSSR count). The van der Waals surface area contributed by atoms with Gasteiger partial charge in [-0.15, -0.1) is 11.8 Å². The summed E-state index contributed by atoms with van der Waals surface area (Å²) >= 11 is 1.85. The molecule has 0 aromatic rings. The van der Waals surface area contributed by atoms with Crippen LogP contribution in [-0.2, 0) is 4.79 Å². The fourth-order valence-electron chi connectivity index (χ4n) is 2.20. The maximum absolute atomic E-state index is 12.1. The molecule has 74 valence electrons. The molecule has 0 saturated carbocycles. The van der Waals surface area contributed by atoms with Crippen molar-refractivity contribution in [2.24, 2.45) is 0 Å². The third-order valence-electron chi connectivity index (χ3n) is 3.06. The molecule has 0 bridgehead atoms. The minimum atomic E-state index is -0.0790. The summed E-state index contributed by atoms with van der Waals surface area (Å²) in [7, 11) is 0. The predicted octanol–water partition coefficient (Wildman–Crippen LogP) is 1.89. The lowest BCUT2D eigenvalue weighted by Gasteiger charge is -2.27. The van der Waals surface area contributed by atoms with E-state index in [2.05, 4.69) is 11.8 Å². The van der Waals surface area contributed by atoms with Crippen LogP contribution in [0.5, 0.6) is 0 Å². The molecule has 2 heterocycles. The fourth-order valence-corrected chi connectivity index (χ4v) is 3.48. The molecular formula is C10H17NOS. The Balaban J connectivity index is 2.02. The molecular weight excluding hydrogens is 182 g/mol. The minimum absolute atomic E-state index is 0.0790. The quantitative estimate of drug-likeness (QED) is 0.643. The van der Waals surface area contributed by atoms with Crippen molar-refractivity contribution in [3.05, 3.63) is 0 Å². The van der Waals surface area contributed by atoms with Gasteiger partial charge in [-0.05, 0) is 38.4 Å². The minimum Gasteiger partial charge on any atom is -0.342 e. The van der Waals surface area contributed by atoms with E-state index in [9.17, 15) is 4.79 Å². The summed E-state index contributed by atoms with van der Waals surface area (Å²) in [5.41, 5.74) is 0. The number of carbonyl (C=O) groups is 1. The smallest absolute Gasteiger partial charge is 0.238 e. The molecule has 2 nitrogen and oxygen atoms in total. The van der Waals surface area contributed by atoms with Crippen LogP contribution < -0.4 is 0 Å². The molecule has 0 aliphatic carbocycles. The van der Waals surface area contributed by atoms with E-state index in [1.165, 1.54) is 19.3 Å². The third-order valence-corrected chi connectivity index (χ3v) is 4.57. The Morgan fingerprint density at radius 1 is 1.31 bits per heavy atom. The Hall–Kier alpha value is -0.180. The van der Waals surface area contributed by atoms with E-state index in [4.69, 9.17) is 0 Å². The highest BCUT2D eigenvalue weighted by Crippen LogP contribution is 2.39. The highest BCUT2D eigenvalue weighted by atomic mass is 32.2. The van der Waals surface area contributed by atoms with Crippen molar-refractivity contribution in [2.45, 2.75) is 37.4 Å². The average Bonchev–Trinajstić information content (AvgIpc) is 2.73. The van der Waals surface area contributed by atoms with Gasteiger partial charge in [0.25, 0.3) is 0 Å². The van der Waals surface area contributed by atoms with Crippen LogP contribution in [0.4, 0.5) is 0 Å². The third kappa shape index (κ3) is 1.71. The first-order valence-corrected chi connectivity index (χ1v) is 6.14. The zero-order valence-corrected chi connectivity index (χ0v) is 9.03. The van der Waals surface area contributed by atoms with Crippen LogP contribution in [0.3, 0.4) is 0 Å². The first-order chi connectivity index (χ1) is 6.22. The van der Waals surface area contributed by atoms with Gasteiger partial charge in [0.15, 0.2) is 0 Å². The maximum atomic E-state index is 12.1. The summed E-state index contributed by atoms with van der Waals surface area (Å²) in [4.78, 5) is 14.1. The van der Waals surface area contributed by atoms with Crippen molar-refractivity contribution in [2.75, 3.05) is 18.8 Å². The summed E-state index contributed by atoms with van der Waals surface area (Å²) in [5.74, 6) is 1.56. The molecule has 0 aromatic heterocycles. The molecule has 1 amide bonds. The first-order valence-electron chi connectivity index (χ1n) is 5.16. The Morgan fingerprint density at radius 3 is 2.54 bits per heavy atom. The fraction of sp³-hybridized carbons (Fsp3) is 0.900. The Morgan fingerprint density at radius 2 is 2.00 bits per heavy atom. The Labute approximate surface area is 84.1 Å². The van der Waals surface area contributed by atoms with Crippen molar-refractivity contribution < 1.29 is 4.79 Å². The van der Waals surface area contributed by atoms with Crippen LogP contribution in [0.2, 0.25) is 0 Å². The normalized spacial score (nSPS) is 34.1. The predicted molar refractivity (Wildman–Crippen MR) is 55.9 cm³/mol. The van der Waals surface area contributed by atoms with Gasteiger partial charge >= 0.3 is 0 Å². The van der Waals surface area contributed by atoms with Gasteiger partial charge in [0.1, 0.15) is 0 Å². The number of likely N-dealkylation sites (tertiary alicyclic amines) is 1. The second kappa shape index (κ2) is 3.52. The summed E-state index contributed by atoms with van der Waals surface area (Å²) in [6.45, 7) is 4.11. The lowest BCUT2D eigenvalue weighted by atomic mass is 10.0. The Bertz CT molecular complexity index is 205. The molecule has 13 heavy (non-hydrogen) atoms. The van der Waals surface area contributed by atoms with E-state index in [1.54, 1.807) is 0 Å². The maximum Gasteiger partial charge on any atom is 0.238 e. The van der Waals surface area contributed by atoms with Crippen molar-refractivity contribution in [3.63, 3.8) is 0 Å². The standard InChI is InChI=1S/C10H17NOS/c1-10(5-4-8-13-10)9(12)11-6-2-3-7-11/h2-8H2,1H3. The molecule has 0 radical (unpaired) electrons. The van der Waals surface area contributed by atoms with Gasteiger partial charge in [-0.2, -0.15) is 0 Å². The van der Waals surface area contributed by atoms with E-state index in [0.29, 0.717) is 5.91 Å². The van der Waals surface area contributed by atoms with Crippen molar-refractivity contribution in [3.8, 4) is 0 Å². The SMILES string of the molecule is CC1(C(=O)N2CCCC2)CCCS1. The van der Waals surface area contributed by atoms with Crippen LogP contribution in [-0.4, -0.2) is 34.4 Å². The average molecular weight is 199 g/mol. The van der Waals surface area contributed by atoms with Crippen molar-refractivity contribution in [1.29, 1.82) is 0 Å². The second-order valence-corrected chi connectivity index (χ2v) is 5.78. The molecule has 2 saturated heterocycles.